The maximum Gasteiger partial charge on any atom is 0.255 e. The number of pyridine rings is 1. The summed E-state index contributed by atoms with van der Waals surface area (Å²) in [4.78, 5) is 13.8. The van der Waals surface area contributed by atoms with Crippen molar-refractivity contribution in [3.63, 3.8) is 0 Å². The molecule has 0 fully saturated rings. The molecule has 1 aromatic heterocycles. The first-order valence-electron chi connectivity index (χ1n) is 3.48. The Bertz CT molecular complexity index is 336. The third-order valence-electron chi connectivity index (χ3n) is 1.75. The molecule has 1 N–H and O–H groups in total. The SMILES string of the molecule is C=Cc1cc(C)c(C)[nH]c1=O. The molecule has 0 spiro atoms. The molecule has 1 rings (SSSR count). The lowest BCUT2D eigenvalue weighted by molar-refractivity contribution is 1.10. The van der Waals surface area contributed by atoms with Crippen LogP contribution in [0, 0.1) is 13.8 Å². The lowest BCUT2D eigenvalue weighted by Gasteiger charge is -1.99. The molecule has 2 nitrogen and oxygen atoms in total. The van der Waals surface area contributed by atoms with E-state index in [-0.39, 0.29) is 5.56 Å². The molecule has 58 valence electrons. The Morgan fingerprint density at radius 2 is 2.18 bits per heavy atom. The number of hydrogen-bond donors (Lipinski definition) is 1. The van der Waals surface area contributed by atoms with Gasteiger partial charge >= 0.3 is 0 Å². The molecule has 1 aromatic rings. The van der Waals surface area contributed by atoms with Crippen LogP contribution >= 0.6 is 0 Å². The van der Waals surface area contributed by atoms with Crippen LogP contribution in [0.15, 0.2) is 17.4 Å². The van der Waals surface area contributed by atoms with E-state index in [1.54, 1.807) is 6.08 Å². The van der Waals surface area contributed by atoms with Gasteiger partial charge in [0.05, 0.1) is 0 Å². The fourth-order valence-electron chi connectivity index (χ4n) is 0.900. The fourth-order valence-corrected chi connectivity index (χ4v) is 0.900. The van der Waals surface area contributed by atoms with E-state index in [1.165, 1.54) is 0 Å². The molecule has 0 aliphatic rings. The predicted octanol–water partition coefficient (Wildman–Crippen LogP) is 1.63. The molecular weight excluding hydrogens is 138 g/mol. The van der Waals surface area contributed by atoms with Crippen molar-refractivity contribution in [3.8, 4) is 0 Å². The molecule has 11 heavy (non-hydrogen) atoms. The zero-order chi connectivity index (χ0) is 8.43. The standard InChI is InChI=1S/C9H11NO/c1-4-8-5-6(2)7(3)10-9(8)11/h4-5H,1H2,2-3H3,(H,10,11). The first-order chi connectivity index (χ1) is 5.15. The quantitative estimate of drug-likeness (QED) is 0.646. The zero-order valence-electron chi connectivity index (χ0n) is 6.77. The summed E-state index contributed by atoms with van der Waals surface area (Å²) in [5.74, 6) is 0. The second kappa shape index (κ2) is 2.74. The van der Waals surface area contributed by atoms with Crippen LogP contribution in [0.4, 0.5) is 0 Å². The molecule has 0 saturated carbocycles. The van der Waals surface area contributed by atoms with Crippen LogP contribution in [0.1, 0.15) is 16.8 Å². The van der Waals surface area contributed by atoms with Crippen molar-refractivity contribution in [3.05, 3.63) is 39.8 Å². The van der Waals surface area contributed by atoms with E-state index in [2.05, 4.69) is 11.6 Å². The molecule has 1 heterocycles. The van der Waals surface area contributed by atoms with Gasteiger partial charge in [-0.25, -0.2) is 0 Å². The Kier molecular flexibility index (Phi) is 1.94. The molecule has 0 amide bonds. The molecule has 2 heteroatoms. The normalized spacial score (nSPS) is 9.64. The van der Waals surface area contributed by atoms with Gasteiger partial charge in [-0.15, -0.1) is 0 Å². The van der Waals surface area contributed by atoms with E-state index < -0.39 is 0 Å². The Hall–Kier alpha value is -1.31. The lowest BCUT2D eigenvalue weighted by Crippen LogP contribution is -2.11. The largest absolute Gasteiger partial charge is 0.326 e. The van der Waals surface area contributed by atoms with Gasteiger partial charge in [0.15, 0.2) is 0 Å². The van der Waals surface area contributed by atoms with Crippen molar-refractivity contribution in [2.24, 2.45) is 0 Å². The number of rotatable bonds is 1. The maximum atomic E-state index is 11.1. The fraction of sp³-hybridized carbons (Fsp3) is 0.222. The number of aromatic nitrogens is 1. The van der Waals surface area contributed by atoms with Crippen molar-refractivity contribution in [2.45, 2.75) is 13.8 Å². The van der Waals surface area contributed by atoms with Crippen LogP contribution in [-0.4, -0.2) is 4.98 Å². The van der Waals surface area contributed by atoms with Gasteiger partial charge in [-0.05, 0) is 25.5 Å². The topological polar surface area (TPSA) is 32.9 Å². The van der Waals surface area contributed by atoms with Crippen LogP contribution in [0.3, 0.4) is 0 Å². The average Bonchev–Trinajstić information content (AvgIpc) is 1.97. The Balaban J connectivity index is 3.44. The molecular formula is C9H11NO. The highest BCUT2D eigenvalue weighted by Gasteiger charge is 1.97. The minimum Gasteiger partial charge on any atom is -0.326 e. The molecule has 0 radical (unpaired) electrons. The Morgan fingerprint density at radius 3 is 2.73 bits per heavy atom. The Labute approximate surface area is 65.6 Å². The minimum atomic E-state index is -0.0666. The van der Waals surface area contributed by atoms with Crippen molar-refractivity contribution in [2.75, 3.05) is 0 Å². The predicted molar refractivity (Wildman–Crippen MR) is 46.6 cm³/mol. The Morgan fingerprint density at radius 1 is 1.55 bits per heavy atom. The second-order valence-corrected chi connectivity index (χ2v) is 2.57. The van der Waals surface area contributed by atoms with Gasteiger partial charge in [-0.3, -0.25) is 4.79 Å². The van der Waals surface area contributed by atoms with Crippen LogP contribution < -0.4 is 5.56 Å². The molecule has 0 bridgehead atoms. The summed E-state index contributed by atoms with van der Waals surface area (Å²) in [5, 5.41) is 0. The first kappa shape index (κ1) is 7.79. The summed E-state index contributed by atoms with van der Waals surface area (Å²) in [6.07, 6.45) is 1.56. The summed E-state index contributed by atoms with van der Waals surface area (Å²) in [7, 11) is 0. The highest BCUT2D eigenvalue weighted by molar-refractivity contribution is 5.46. The molecule has 0 aromatic carbocycles. The van der Waals surface area contributed by atoms with E-state index in [9.17, 15) is 4.79 Å². The monoisotopic (exact) mass is 149 g/mol. The van der Waals surface area contributed by atoms with E-state index in [4.69, 9.17) is 0 Å². The van der Waals surface area contributed by atoms with Gasteiger partial charge in [0.2, 0.25) is 0 Å². The lowest BCUT2D eigenvalue weighted by atomic mass is 10.1. The molecule has 0 unspecified atom stereocenters. The molecule has 0 aliphatic carbocycles. The van der Waals surface area contributed by atoms with Gasteiger partial charge in [0.25, 0.3) is 5.56 Å². The van der Waals surface area contributed by atoms with Crippen molar-refractivity contribution in [1.82, 2.24) is 4.98 Å². The summed E-state index contributed by atoms with van der Waals surface area (Å²) in [5.41, 5.74) is 2.57. The number of nitrogens with one attached hydrogen (secondary N) is 1. The van der Waals surface area contributed by atoms with Crippen LogP contribution in [0.5, 0.6) is 0 Å². The van der Waals surface area contributed by atoms with E-state index >= 15 is 0 Å². The smallest absolute Gasteiger partial charge is 0.255 e. The molecule has 0 saturated heterocycles. The van der Waals surface area contributed by atoms with Crippen molar-refractivity contribution >= 4 is 6.08 Å². The number of aryl methyl sites for hydroxylation is 2. The van der Waals surface area contributed by atoms with Crippen LogP contribution in [0.25, 0.3) is 6.08 Å². The maximum absolute atomic E-state index is 11.1. The summed E-state index contributed by atoms with van der Waals surface area (Å²) in [6, 6.07) is 1.83. The third-order valence-corrected chi connectivity index (χ3v) is 1.75. The molecule has 0 atom stereocenters. The molecule has 0 aliphatic heterocycles. The van der Waals surface area contributed by atoms with E-state index in [1.807, 2.05) is 19.9 Å². The van der Waals surface area contributed by atoms with Crippen molar-refractivity contribution in [1.29, 1.82) is 0 Å². The van der Waals surface area contributed by atoms with E-state index in [0.29, 0.717) is 5.56 Å². The highest BCUT2D eigenvalue weighted by atomic mass is 16.1. The van der Waals surface area contributed by atoms with Gasteiger partial charge < -0.3 is 4.98 Å². The van der Waals surface area contributed by atoms with Crippen LogP contribution in [-0.2, 0) is 0 Å². The first-order valence-corrected chi connectivity index (χ1v) is 3.48. The average molecular weight is 149 g/mol. The third kappa shape index (κ3) is 1.40. The number of H-pyrrole nitrogens is 1. The van der Waals surface area contributed by atoms with E-state index in [0.717, 1.165) is 11.3 Å². The van der Waals surface area contributed by atoms with Crippen LogP contribution in [0.2, 0.25) is 0 Å². The summed E-state index contributed by atoms with van der Waals surface area (Å²) in [6.45, 7) is 7.38. The number of aromatic amines is 1. The highest BCUT2D eigenvalue weighted by Crippen LogP contribution is 2.02. The zero-order valence-corrected chi connectivity index (χ0v) is 6.77. The van der Waals surface area contributed by atoms with Crippen molar-refractivity contribution < 1.29 is 0 Å². The van der Waals surface area contributed by atoms with Gasteiger partial charge in [-0.2, -0.15) is 0 Å². The van der Waals surface area contributed by atoms with Gasteiger partial charge in [0.1, 0.15) is 0 Å². The van der Waals surface area contributed by atoms with Gasteiger partial charge in [0, 0.05) is 11.3 Å². The minimum absolute atomic E-state index is 0.0666. The second-order valence-electron chi connectivity index (χ2n) is 2.57. The summed E-state index contributed by atoms with van der Waals surface area (Å²) >= 11 is 0. The summed E-state index contributed by atoms with van der Waals surface area (Å²) < 4.78 is 0. The van der Waals surface area contributed by atoms with Gasteiger partial charge in [-0.1, -0.05) is 12.7 Å². The number of hydrogen-bond acceptors (Lipinski definition) is 1.